The Morgan fingerprint density at radius 3 is 2.11 bits per heavy atom. The molecule has 0 radical (unpaired) electrons. The largest absolute Gasteiger partial charge is 0.448 e. The van der Waals surface area contributed by atoms with Crippen LogP contribution in [0.25, 0.3) is 0 Å². The Morgan fingerprint density at radius 1 is 0.972 bits per heavy atom. The molecule has 0 aromatic heterocycles. The fourth-order valence-corrected chi connectivity index (χ4v) is 4.41. The summed E-state index contributed by atoms with van der Waals surface area (Å²) < 4.78 is 19.2. The number of rotatable bonds is 9. The number of hydrogen-bond donors (Lipinski definition) is 1. The molecule has 4 rings (SSSR count). The number of ether oxygens (including phenoxy) is 1. The number of piperidine rings is 1. The van der Waals surface area contributed by atoms with Crippen LogP contribution in [0.15, 0.2) is 84.9 Å². The first-order valence-corrected chi connectivity index (χ1v) is 12.3. The maximum absolute atomic E-state index is 13.4. The van der Waals surface area contributed by atoms with Crippen LogP contribution in [0.5, 0.6) is 0 Å². The van der Waals surface area contributed by atoms with Crippen molar-refractivity contribution in [2.75, 3.05) is 25.0 Å². The maximum atomic E-state index is 13.4. The summed E-state index contributed by atoms with van der Waals surface area (Å²) in [6, 6.07) is 27.5. The number of nitrogens with zero attached hydrogens (tertiary/aromatic N) is 2. The lowest BCUT2D eigenvalue weighted by molar-refractivity contribution is 0.0595. The summed E-state index contributed by atoms with van der Waals surface area (Å²) in [6.45, 7) is 5.25. The summed E-state index contributed by atoms with van der Waals surface area (Å²) in [6.07, 6.45) is 1.34. The van der Waals surface area contributed by atoms with E-state index >= 15 is 0 Å². The van der Waals surface area contributed by atoms with Gasteiger partial charge in [-0.1, -0.05) is 66.7 Å². The van der Waals surface area contributed by atoms with E-state index in [-0.39, 0.29) is 37.5 Å². The number of anilines is 1. The molecule has 0 unspecified atom stereocenters. The summed E-state index contributed by atoms with van der Waals surface area (Å²) in [7, 11) is 0. The highest BCUT2D eigenvalue weighted by atomic mass is 32.1. The van der Waals surface area contributed by atoms with E-state index in [1.54, 1.807) is 11.0 Å². The molecule has 5 nitrogen and oxygen atoms in total. The topological polar surface area (TPSA) is 44.8 Å². The molecule has 1 atom stereocenters. The van der Waals surface area contributed by atoms with Crippen LogP contribution in [0.3, 0.4) is 0 Å². The van der Waals surface area contributed by atoms with Gasteiger partial charge < -0.3 is 15.0 Å². The van der Waals surface area contributed by atoms with Crippen LogP contribution in [0.1, 0.15) is 30.9 Å². The van der Waals surface area contributed by atoms with Crippen molar-refractivity contribution in [3.63, 3.8) is 0 Å². The third kappa shape index (κ3) is 8.28. The van der Waals surface area contributed by atoms with Gasteiger partial charge in [-0.15, -0.1) is 0 Å². The SMILES string of the molecule is C[C@@H](COC(=O)N1CCC(Nc2cccc(F)c2)CC1)N(Cc1ccccc1)Cc1ccccc1.S. The molecule has 192 valence electrons. The molecule has 1 amide bonds. The van der Waals surface area contributed by atoms with Crippen molar-refractivity contribution in [1.29, 1.82) is 0 Å². The van der Waals surface area contributed by atoms with E-state index in [2.05, 4.69) is 41.4 Å². The van der Waals surface area contributed by atoms with E-state index < -0.39 is 0 Å². The minimum absolute atomic E-state index is 0. The first kappa shape index (κ1) is 27.6. The van der Waals surface area contributed by atoms with Crippen molar-refractivity contribution in [1.82, 2.24) is 9.80 Å². The van der Waals surface area contributed by atoms with Gasteiger partial charge in [0.25, 0.3) is 0 Å². The third-order valence-electron chi connectivity index (χ3n) is 6.48. The quantitative estimate of drug-likeness (QED) is 0.382. The molecule has 7 heteroatoms. The first-order chi connectivity index (χ1) is 17.1. The van der Waals surface area contributed by atoms with Crippen molar-refractivity contribution in [3.05, 3.63) is 102 Å². The first-order valence-electron chi connectivity index (χ1n) is 12.3. The molecule has 0 saturated carbocycles. The Balaban J connectivity index is 0.00000361. The summed E-state index contributed by atoms with van der Waals surface area (Å²) in [5.74, 6) is -0.251. The van der Waals surface area contributed by atoms with Crippen LogP contribution in [0.4, 0.5) is 14.9 Å². The lowest BCUT2D eigenvalue weighted by Crippen LogP contribution is -2.44. The van der Waals surface area contributed by atoms with Gasteiger partial charge in [0, 0.05) is 44.0 Å². The fraction of sp³-hybridized carbons (Fsp3) is 0.345. The second-order valence-corrected chi connectivity index (χ2v) is 9.22. The third-order valence-corrected chi connectivity index (χ3v) is 6.48. The van der Waals surface area contributed by atoms with Crippen LogP contribution in [0, 0.1) is 5.82 Å². The summed E-state index contributed by atoms with van der Waals surface area (Å²) in [5, 5.41) is 3.37. The van der Waals surface area contributed by atoms with Gasteiger partial charge in [0.1, 0.15) is 12.4 Å². The van der Waals surface area contributed by atoms with Crippen LogP contribution >= 0.6 is 13.5 Å². The number of hydrogen-bond acceptors (Lipinski definition) is 4. The lowest BCUT2D eigenvalue weighted by atomic mass is 10.1. The molecule has 1 saturated heterocycles. The van der Waals surface area contributed by atoms with Gasteiger partial charge in [0.05, 0.1) is 0 Å². The monoisotopic (exact) mass is 509 g/mol. The van der Waals surface area contributed by atoms with Gasteiger partial charge in [-0.25, -0.2) is 9.18 Å². The van der Waals surface area contributed by atoms with Gasteiger partial charge in [-0.3, -0.25) is 4.90 Å². The van der Waals surface area contributed by atoms with E-state index in [0.29, 0.717) is 19.7 Å². The Labute approximate surface area is 220 Å². The molecule has 0 aliphatic carbocycles. The van der Waals surface area contributed by atoms with Gasteiger partial charge in [-0.05, 0) is 49.1 Å². The summed E-state index contributed by atoms with van der Waals surface area (Å²) >= 11 is 0. The number of carbonyl (C=O) groups is 1. The molecule has 1 fully saturated rings. The van der Waals surface area contributed by atoms with Gasteiger partial charge in [-0.2, -0.15) is 13.5 Å². The summed E-state index contributed by atoms with van der Waals surface area (Å²) in [5.41, 5.74) is 3.24. The van der Waals surface area contributed by atoms with Gasteiger partial charge >= 0.3 is 6.09 Å². The number of halogens is 1. The molecule has 36 heavy (non-hydrogen) atoms. The van der Waals surface area contributed by atoms with Crippen molar-refractivity contribution >= 4 is 25.3 Å². The van der Waals surface area contributed by atoms with E-state index in [0.717, 1.165) is 31.6 Å². The minimum atomic E-state index is -0.263. The predicted octanol–water partition coefficient (Wildman–Crippen LogP) is 6.04. The van der Waals surface area contributed by atoms with Crippen LogP contribution in [0.2, 0.25) is 0 Å². The molecule has 0 spiro atoms. The van der Waals surface area contributed by atoms with Crippen molar-refractivity contribution in [3.8, 4) is 0 Å². The number of likely N-dealkylation sites (tertiary alicyclic amines) is 1. The second kappa shape index (κ2) is 13.9. The maximum Gasteiger partial charge on any atom is 0.409 e. The normalized spacial score (nSPS) is 14.7. The summed E-state index contributed by atoms with van der Waals surface area (Å²) in [4.78, 5) is 16.9. The minimum Gasteiger partial charge on any atom is -0.448 e. The molecule has 0 bridgehead atoms. The molecule has 3 aromatic carbocycles. The Morgan fingerprint density at radius 2 is 1.56 bits per heavy atom. The highest BCUT2D eigenvalue weighted by Crippen LogP contribution is 2.19. The second-order valence-electron chi connectivity index (χ2n) is 9.22. The molecule has 1 N–H and O–H groups in total. The average Bonchev–Trinajstić information content (AvgIpc) is 2.88. The molecular formula is C29H36FN3O2S. The van der Waals surface area contributed by atoms with Crippen molar-refractivity contribution < 1.29 is 13.9 Å². The zero-order chi connectivity index (χ0) is 24.5. The van der Waals surface area contributed by atoms with Crippen LogP contribution in [-0.2, 0) is 17.8 Å². The molecule has 1 heterocycles. The Bertz CT molecular complexity index is 1020. The zero-order valence-corrected chi connectivity index (χ0v) is 21.8. The standard InChI is InChI=1S/C29H34FN3O2.H2S/c1-23(33(20-24-9-4-2-5-10-24)21-25-11-6-3-7-12-25)22-35-29(34)32-17-15-27(16-18-32)31-28-14-8-13-26(30)19-28;/h2-14,19,23,27,31H,15-18,20-22H2,1H3;1H2/t23-;/m0./s1. The highest BCUT2D eigenvalue weighted by molar-refractivity contribution is 7.59. The Kier molecular flexibility index (Phi) is 10.6. The van der Waals surface area contributed by atoms with Gasteiger partial charge in [0.2, 0.25) is 0 Å². The lowest BCUT2D eigenvalue weighted by Gasteiger charge is -2.33. The zero-order valence-electron chi connectivity index (χ0n) is 20.8. The van der Waals surface area contributed by atoms with Gasteiger partial charge in [0.15, 0.2) is 0 Å². The molecule has 3 aromatic rings. The van der Waals surface area contributed by atoms with E-state index in [1.165, 1.54) is 23.3 Å². The van der Waals surface area contributed by atoms with Crippen molar-refractivity contribution in [2.45, 2.75) is 44.9 Å². The number of amides is 1. The molecular weight excluding hydrogens is 473 g/mol. The highest BCUT2D eigenvalue weighted by Gasteiger charge is 2.25. The predicted molar refractivity (Wildman–Crippen MR) is 148 cm³/mol. The van der Waals surface area contributed by atoms with Crippen molar-refractivity contribution in [2.24, 2.45) is 0 Å². The van der Waals surface area contributed by atoms with E-state index in [4.69, 9.17) is 4.74 Å². The van der Waals surface area contributed by atoms with E-state index in [9.17, 15) is 9.18 Å². The smallest absolute Gasteiger partial charge is 0.409 e. The number of benzene rings is 3. The number of carbonyl (C=O) groups excluding carboxylic acids is 1. The molecule has 1 aliphatic heterocycles. The van der Waals surface area contributed by atoms with Crippen LogP contribution in [-0.4, -0.2) is 47.7 Å². The average molecular weight is 510 g/mol. The van der Waals surface area contributed by atoms with E-state index in [1.807, 2.05) is 42.5 Å². The Hall–Kier alpha value is -3.03. The van der Waals surface area contributed by atoms with Crippen LogP contribution < -0.4 is 5.32 Å². The number of nitrogens with one attached hydrogen (secondary N) is 1. The molecule has 1 aliphatic rings. The fourth-order valence-electron chi connectivity index (χ4n) is 4.41.